The maximum atomic E-state index is 4.76. The van der Waals surface area contributed by atoms with E-state index in [0.29, 0.717) is 6.54 Å². The minimum atomic E-state index is 0.632. The number of hydrogen-bond donors (Lipinski definition) is 3. The lowest BCUT2D eigenvalue weighted by atomic mass is 10.1. The fourth-order valence-electron chi connectivity index (χ4n) is 3.51. The molecule has 0 atom stereocenters. The summed E-state index contributed by atoms with van der Waals surface area (Å²) in [6.45, 7) is 10.7. The van der Waals surface area contributed by atoms with E-state index in [0.717, 1.165) is 31.2 Å². The van der Waals surface area contributed by atoms with Gasteiger partial charge in [-0.1, -0.05) is 18.2 Å². The van der Waals surface area contributed by atoms with Gasteiger partial charge in [0, 0.05) is 48.0 Å². The van der Waals surface area contributed by atoms with Crippen molar-refractivity contribution in [2.24, 2.45) is 12.0 Å². The van der Waals surface area contributed by atoms with E-state index >= 15 is 0 Å². The molecule has 2 heterocycles. The number of nitrogens with zero attached hydrogens (tertiary/aromatic N) is 3. The highest BCUT2D eigenvalue weighted by atomic mass is 15.3. The standard InChI is InChI=1S/C21H30N6/c1-6-22-21(24-13-19-15(3)26-27(5)16(19)4)23-12-11-17-14(2)25-20-10-8-7-9-18(17)20/h7-10,25H,6,11-13H2,1-5H3,(H2,22,23,24). The lowest BCUT2D eigenvalue weighted by Crippen LogP contribution is -2.38. The van der Waals surface area contributed by atoms with Crippen molar-refractivity contribution in [1.29, 1.82) is 0 Å². The molecule has 0 radical (unpaired) electrons. The van der Waals surface area contributed by atoms with Crippen molar-refractivity contribution in [1.82, 2.24) is 25.4 Å². The molecule has 3 aromatic rings. The highest BCUT2D eigenvalue weighted by Gasteiger charge is 2.10. The number of para-hydroxylation sites is 1. The first-order valence-corrected chi connectivity index (χ1v) is 9.58. The summed E-state index contributed by atoms with van der Waals surface area (Å²) in [7, 11) is 1.97. The van der Waals surface area contributed by atoms with Gasteiger partial charge in [0.2, 0.25) is 0 Å². The average Bonchev–Trinajstić information content (AvgIpc) is 3.09. The van der Waals surface area contributed by atoms with Gasteiger partial charge in [-0.25, -0.2) is 4.99 Å². The van der Waals surface area contributed by atoms with Gasteiger partial charge in [0.05, 0.1) is 12.2 Å². The van der Waals surface area contributed by atoms with Crippen LogP contribution in [-0.4, -0.2) is 33.8 Å². The fourth-order valence-corrected chi connectivity index (χ4v) is 3.51. The Morgan fingerprint density at radius 1 is 1.15 bits per heavy atom. The Kier molecular flexibility index (Phi) is 5.84. The summed E-state index contributed by atoms with van der Waals surface area (Å²) < 4.78 is 1.92. The molecule has 0 fully saturated rings. The third-order valence-electron chi connectivity index (χ3n) is 5.09. The number of guanidine groups is 1. The molecule has 3 rings (SSSR count). The van der Waals surface area contributed by atoms with Gasteiger partial charge in [0.15, 0.2) is 5.96 Å². The van der Waals surface area contributed by atoms with Crippen LogP contribution in [0.5, 0.6) is 0 Å². The quantitative estimate of drug-likeness (QED) is 0.464. The monoisotopic (exact) mass is 366 g/mol. The first kappa shape index (κ1) is 19.0. The first-order chi connectivity index (χ1) is 13.0. The molecular formula is C21H30N6. The molecule has 0 aliphatic carbocycles. The van der Waals surface area contributed by atoms with Crippen molar-refractivity contribution in [2.45, 2.75) is 40.7 Å². The minimum absolute atomic E-state index is 0.632. The molecule has 0 unspecified atom stereocenters. The molecule has 6 heteroatoms. The van der Waals surface area contributed by atoms with Crippen LogP contribution in [0.25, 0.3) is 10.9 Å². The Hall–Kier alpha value is -2.76. The van der Waals surface area contributed by atoms with Crippen molar-refractivity contribution in [3.05, 3.63) is 52.5 Å². The number of benzene rings is 1. The SMILES string of the molecule is CCNC(=NCc1c(C)nn(C)c1C)NCCc1c(C)[nH]c2ccccc12. The zero-order valence-electron chi connectivity index (χ0n) is 17.0. The van der Waals surface area contributed by atoms with E-state index in [-0.39, 0.29) is 0 Å². The summed E-state index contributed by atoms with van der Waals surface area (Å²) in [4.78, 5) is 8.22. The lowest BCUT2D eigenvalue weighted by Gasteiger charge is -2.11. The van der Waals surface area contributed by atoms with Crippen molar-refractivity contribution in [3.63, 3.8) is 0 Å². The van der Waals surface area contributed by atoms with E-state index < -0.39 is 0 Å². The molecule has 3 N–H and O–H groups in total. The number of nitrogens with one attached hydrogen (secondary N) is 3. The second-order valence-electron chi connectivity index (χ2n) is 6.92. The molecule has 0 aliphatic heterocycles. The van der Waals surface area contributed by atoms with Crippen molar-refractivity contribution >= 4 is 16.9 Å². The maximum Gasteiger partial charge on any atom is 0.191 e. The zero-order valence-corrected chi connectivity index (χ0v) is 17.0. The molecule has 0 saturated heterocycles. The van der Waals surface area contributed by atoms with E-state index in [1.165, 1.54) is 33.4 Å². The summed E-state index contributed by atoms with van der Waals surface area (Å²) in [5.41, 5.74) is 7.22. The van der Waals surface area contributed by atoms with Crippen LogP contribution in [0.15, 0.2) is 29.3 Å². The number of H-pyrrole nitrogens is 1. The molecule has 144 valence electrons. The Labute approximate surface area is 161 Å². The minimum Gasteiger partial charge on any atom is -0.358 e. The number of aliphatic imine (C=N–C) groups is 1. The van der Waals surface area contributed by atoms with E-state index in [9.17, 15) is 0 Å². The molecule has 27 heavy (non-hydrogen) atoms. The number of aryl methyl sites for hydroxylation is 3. The molecule has 1 aromatic carbocycles. The predicted molar refractivity (Wildman–Crippen MR) is 112 cm³/mol. The average molecular weight is 367 g/mol. The van der Waals surface area contributed by atoms with Crippen LogP contribution in [0, 0.1) is 20.8 Å². The van der Waals surface area contributed by atoms with Crippen LogP contribution >= 0.6 is 0 Å². The summed E-state index contributed by atoms with van der Waals surface area (Å²) in [5.74, 6) is 0.845. The van der Waals surface area contributed by atoms with Crippen LogP contribution in [0.2, 0.25) is 0 Å². The predicted octanol–water partition coefficient (Wildman–Crippen LogP) is 3.12. The van der Waals surface area contributed by atoms with E-state index in [4.69, 9.17) is 4.99 Å². The van der Waals surface area contributed by atoms with Crippen molar-refractivity contribution in [3.8, 4) is 0 Å². The normalized spacial score (nSPS) is 12.0. The van der Waals surface area contributed by atoms with Crippen molar-refractivity contribution < 1.29 is 0 Å². The van der Waals surface area contributed by atoms with Crippen molar-refractivity contribution in [2.75, 3.05) is 13.1 Å². The molecule has 6 nitrogen and oxygen atoms in total. The summed E-state index contributed by atoms with van der Waals surface area (Å²) in [5, 5.41) is 12.6. The number of aromatic amines is 1. The second kappa shape index (κ2) is 8.29. The molecule has 0 spiro atoms. The van der Waals surface area contributed by atoms with E-state index in [1.807, 2.05) is 18.7 Å². The van der Waals surface area contributed by atoms with Gasteiger partial charge in [-0.15, -0.1) is 0 Å². The maximum absolute atomic E-state index is 4.76. The number of hydrogen-bond acceptors (Lipinski definition) is 2. The Morgan fingerprint density at radius 2 is 1.93 bits per heavy atom. The Balaban J connectivity index is 1.66. The van der Waals surface area contributed by atoms with Crippen LogP contribution in [0.4, 0.5) is 0 Å². The number of aromatic nitrogens is 3. The molecule has 0 aliphatic rings. The van der Waals surface area contributed by atoms with E-state index in [1.54, 1.807) is 0 Å². The molecule has 0 bridgehead atoms. The summed E-state index contributed by atoms with van der Waals surface area (Å²) in [6.07, 6.45) is 0.950. The van der Waals surface area contributed by atoms with Crippen LogP contribution < -0.4 is 10.6 Å². The van der Waals surface area contributed by atoms with Gasteiger partial charge in [0.1, 0.15) is 0 Å². The summed E-state index contributed by atoms with van der Waals surface area (Å²) in [6, 6.07) is 8.47. The molecular weight excluding hydrogens is 336 g/mol. The Morgan fingerprint density at radius 3 is 2.63 bits per heavy atom. The van der Waals surface area contributed by atoms with Gasteiger partial charge >= 0.3 is 0 Å². The third kappa shape index (κ3) is 4.15. The number of fused-ring (bicyclic) bond motifs is 1. The first-order valence-electron chi connectivity index (χ1n) is 9.58. The lowest BCUT2D eigenvalue weighted by molar-refractivity contribution is 0.730. The third-order valence-corrected chi connectivity index (χ3v) is 5.09. The van der Waals surface area contributed by atoms with Gasteiger partial charge in [-0.05, 0) is 45.7 Å². The smallest absolute Gasteiger partial charge is 0.191 e. The highest BCUT2D eigenvalue weighted by molar-refractivity contribution is 5.84. The molecule has 0 amide bonds. The van der Waals surface area contributed by atoms with Gasteiger partial charge in [-0.3, -0.25) is 4.68 Å². The topological polar surface area (TPSA) is 70.0 Å². The zero-order chi connectivity index (χ0) is 19.4. The van der Waals surface area contributed by atoms with Gasteiger partial charge in [0.25, 0.3) is 0 Å². The van der Waals surface area contributed by atoms with Crippen LogP contribution in [-0.2, 0) is 20.0 Å². The summed E-state index contributed by atoms with van der Waals surface area (Å²) >= 11 is 0. The fraction of sp³-hybridized carbons (Fsp3) is 0.429. The van der Waals surface area contributed by atoms with E-state index in [2.05, 4.69) is 65.8 Å². The second-order valence-corrected chi connectivity index (χ2v) is 6.92. The van der Waals surface area contributed by atoms with Crippen LogP contribution in [0.1, 0.15) is 35.1 Å². The highest BCUT2D eigenvalue weighted by Crippen LogP contribution is 2.21. The molecule has 0 saturated carbocycles. The molecule has 2 aromatic heterocycles. The number of rotatable bonds is 6. The van der Waals surface area contributed by atoms with Gasteiger partial charge < -0.3 is 15.6 Å². The largest absolute Gasteiger partial charge is 0.358 e. The van der Waals surface area contributed by atoms with Gasteiger partial charge in [-0.2, -0.15) is 5.10 Å². The van der Waals surface area contributed by atoms with Crippen LogP contribution in [0.3, 0.4) is 0 Å². The Bertz CT molecular complexity index is 947.